The fourth-order valence-corrected chi connectivity index (χ4v) is 1.05. The summed E-state index contributed by atoms with van der Waals surface area (Å²) in [6.07, 6.45) is 1.18. The number of halogens is 2. The van der Waals surface area contributed by atoms with E-state index in [1.807, 2.05) is 0 Å². The van der Waals surface area contributed by atoms with Gasteiger partial charge in [0, 0.05) is 11.2 Å². The maximum atomic E-state index is 12.8. The summed E-state index contributed by atoms with van der Waals surface area (Å²) in [5.41, 5.74) is 0.260. The summed E-state index contributed by atoms with van der Waals surface area (Å²) in [6.45, 7) is 0. The molecule has 0 bridgehead atoms. The maximum Gasteiger partial charge on any atom is 0.309 e. The van der Waals surface area contributed by atoms with Crippen LogP contribution in [0.4, 0.5) is 14.7 Å². The second-order valence-electron chi connectivity index (χ2n) is 2.68. The first-order valence-electron chi connectivity index (χ1n) is 3.91. The van der Waals surface area contributed by atoms with Gasteiger partial charge in [-0.25, -0.2) is 13.5 Å². The Morgan fingerprint density at radius 2 is 2.07 bits per heavy atom. The van der Waals surface area contributed by atoms with Crippen molar-refractivity contribution in [1.82, 2.24) is 14.8 Å². The van der Waals surface area contributed by atoms with Crippen molar-refractivity contribution in [2.75, 3.05) is 0 Å². The molecule has 5 nitrogen and oxygen atoms in total. The van der Waals surface area contributed by atoms with E-state index in [1.165, 1.54) is 12.4 Å². The van der Waals surface area contributed by atoms with Crippen LogP contribution in [0.3, 0.4) is 0 Å². The summed E-state index contributed by atoms with van der Waals surface area (Å²) in [7, 11) is 0. The van der Waals surface area contributed by atoms with E-state index in [-0.39, 0.29) is 11.6 Å². The molecule has 0 aliphatic carbocycles. The van der Waals surface area contributed by atoms with Crippen LogP contribution in [-0.2, 0) is 0 Å². The SMILES string of the molecule is O=Nc1ncn(-c2ccc(F)c(F)c2)n1. The van der Waals surface area contributed by atoms with Gasteiger partial charge >= 0.3 is 5.95 Å². The lowest BCUT2D eigenvalue weighted by atomic mass is 10.3. The fraction of sp³-hybridized carbons (Fsp3) is 0. The van der Waals surface area contributed by atoms with E-state index in [1.54, 1.807) is 0 Å². The van der Waals surface area contributed by atoms with Gasteiger partial charge < -0.3 is 0 Å². The number of rotatable bonds is 2. The third kappa shape index (κ3) is 1.71. The van der Waals surface area contributed by atoms with Crippen molar-refractivity contribution in [2.24, 2.45) is 5.18 Å². The van der Waals surface area contributed by atoms with Crippen LogP contribution >= 0.6 is 0 Å². The minimum absolute atomic E-state index is 0.260. The molecule has 0 fully saturated rings. The number of hydrogen-bond acceptors (Lipinski definition) is 4. The number of hydrogen-bond donors (Lipinski definition) is 0. The molecule has 0 saturated heterocycles. The van der Waals surface area contributed by atoms with Gasteiger partial charge in [-0.1, -0.05) is 0 Å². The van der Waals surface area contributed by atoms with Crippen LogP contribution in [0.2, 0.25) is 0 Å². The maximum absolute atomic E-state index is 12.8. The zero-order valence-corrected chi connectivity index (χ0v) is 7.26. The minimum atomic E-state index is -0.997. The van der Waals surface area contributed by atoms with Gasteiger partial charge in [0.1, 0.15) is 6.33 Å². The highest BCUT2D eigenvalue weighted by atomic mass is 19.2. The third-order valence-corrected chi connectivity index (χ3v) is 1.73. The summed E-state index contributed by atoms with van der Waals surface area (Å²) < 4.78 is 26.6. The molecule has 0 aliphatic rings. The molecule has 1 aromatic carbocycles. The second-order valence-corrected chi connectivity index (χ2v) is 2.68. The van der Waals surface area contributed by atoms with Crippen molar-refractivity contribution in [2.45, 2.75) is 0 Å². The summed E-state index contributed by atoms with van der Waals surface area (Å²) in [4.78, 5) is 13.6. The highest BCUT2D eigenvalue weighted by Crippen LogP contribution is 2.13. The molecular formula is C8H4F2N4O. The number of benzene rings is 1. The molecule has 0 aliphatic heterocycles. The molecule has 0 unspecified atom stereocenters. The molecule has 0 saturated carbocycles. The van der Waals surface area contributed by atoms with Crippen LogP contribution in [0.5, 0.6) is 0 Å². The van der Waals surface area contributed by atoms with Crippen LogP contribution in [-0.4, -0.2) is 14.8 Å². The van der Waals surface area contributed by atoms with E-state index in [0.717, 1.165) is 16.8 Å². The number of nitroso groups, excluding NO2 is 1. The quantitative estimate of drug-likeness (QED) is 0.711. The van der Waals surface area contributed by atoms with E-state index < -0.39 is 11.6 Å². The summed E-state index contributed by atoms with van der Waals surface area (Å²) in [5.74, 6) is -2.21. The van der Waals surface area contributed by atoms with Crippen molar-refractivity contribution >= 4 is 5.95 Å². The van der Waals surface area contributed by atoms with Crippen molar-refractivity contribution in [1.29, 1.82) is 0 Å². The van der Waals surface area contributed by atoms with Gasteiger partial charge in [-0.15, -0.1) is 10.0 Å². The lowest BCUT2D eigenvalue weighted by Crippen LogP contribution is -1.96. The monoisotopic (exact) mass is 210 g/mol. The first-order valence-corrected chi connectivity index (χ1v) is 3.91. The van der Waals surface area contributed by atoms with Crippen LogP contribution in [0.15, 0.2) is 29.7 Å². The van der Waals surface area contributed by atoms with E-state index in [4.69, 9.17) is 0 Å². The molecule has 1 aromatic heterocycles. The molecule has 0 atom stereocenters. The minimum Gasteiger partial charge on any atom is -0.219 e. The molecule has 2 aromatic rings. The molecule has 0 N–H and O–H groups in total. The van der Waals surface area contributed by atoms with E-state index in [0.29, 0.717) is 0 Å². The topological polar surface area (TPSA) is 60.1 Å². The zero-order valence-electron chi connectivity index (χ0n) is 7.26. The standard InChI is InChI=1S/C8H4F2N4O/c9-6-2-1-5(3-7(6)10)14-4-11-8(12-14)13-15/h1-4H. The second kappa shape index (κ2) is 3.52. The van der Waals surface area contributed by atoms with E-state index in [2.05, 4.69) is 15.3 Å². The predicted molar refractivity (Wildman–Crippen MR) is 46.7 cm³/mol. The number of nitrogens with zero attached hydrogens (tertiary/aromatic N) is 4. The van der Waals surface area contributed by atoms with Crippen LogP contribution in [0.25, 0.3) is 5.69 Å². The summed E-state index contributed by atoms with van der Waals surface area (Å²) in [5, 5.41) is 6.10. The van der Waals surface area contributed by atoms with Crippen LogP contribution < -0.4 is 0 Å². The predicted octanol–water partition coefficient (Wildman–Crippen LogP) is 1.94. The van der Waals surface area contributed by atoms with Gasteiger partial charge in [-0.2, -0.15) is 4.98 Å². The molecule has 0 spiro atoms. The average molecular weight is 210 g/mol. The van der Waals surface area contributed by atoms with Gasteiger partial charge in [0.25, 0.3) is 0 Å². The highest BCUT2D eigenvalue weighted by Gasteiger charge is 2.06. The van der Waals surface area contributed by atoms with Gasteiger partial charge in [0.15, 0.2) is 11.6 Å². The first kappa shape index (κ1) is 9.38. The molecule has 0 radical (unpaired) electrons. The Balaban J connectivity index is 2.44. The van der Waals surface area contributed by atoms with Crippen molar-refractivity contribution in [3.8, 4) is 5.69 Å². The normalized spacial score (nSPS) is 10.3. The molecule has 1 heterocycles. The number of aromatic nitrogens is 3. The van der Waals surface area contributed by atoms with Gasteiger partial charge in [0.2, 0.25) is 0 Å². The Morgan fingerprint density at radius 3 is 2.67 bits per heavy atom. The third-order valence-electron chi connectivity index (χ3n) is 1.73. The molecule has 76 valence electrons. The Morgan fingerprint density at radius 1 is 1.27 bits per heavy atom. The fourth-order valence-electron chi connectivity index (χ4n) is 1.05. The highest BCUT2D eigenvalue weighted by molar-refractivity contribution is 5.32. The van der Waals surface area contributed by atoms with Crippen molar-refractivity contribution in [3.05, 3.63) is 41.1 Å². The Hall–Kier alpha value is -2.18. The molecule has 2 rings (SSSR count). The Labute approximate surface area is 82.3 Å². The van der Waals surface area contributed by atoms with E-state index in [9.17, 15) is 13.7 Å². The summed E-state index contributed by atoms with van der Waals surface area (Å²) in [6, 6.07) is 3.21. The summed E-state index contributed by atoms with van der Waals surface area (Å²) >= 11 is 0. The molecule has 7 heteroatoms. The first-order chi connectivity index (χ1) is 7.20. The average Bonchev–Trinajstić information content (AvgIpc) is 2.70. The lowest BCUT2D eigenvalue weighted by molar-refractivity contribution is 0.507. The lowest BCUT2D eigenvalue weighted by Gasteiger charge is -1.99. The van der Waals surface area contributed by atoms with Crippen LogP contribution in [0, 0.1) is 16.5 Å². The van der Waals surface area contributed by atoms with Gasteiger partial charge in [-0.3, -0.25) is 0 Å². The Bertz CT molecular complexity index is 511. The van der Waals surface area contributed by atoms with Gasteiger partial charge in [0.05, 0.1) is 5.69 Å². The van der Waals surface area contributed by atoms with Crippen LogP contribution in [0.1, 0.15) is 0 Å². The molecule has 0 amide bonds. The zero-order chi connectivity index (χ0) is 10.8. The van der Waals surface area contributed by atoms with Crippen molar-refractivity contribution in [3.63, 3.8) is 0 Å². The van der Waals surface area contributed by atoms with Gasteiger partial charge in [-0.05, 0) is 12.1 Å². The molecule has 15 heavy (non-hydrogen) atoms. The Kier molecular flexibility index (Phi) is 2.20. The molecular weight excluding hydrogens is 206 g/mol. The smallest absolute Gasteiger partial charge is 0.219 e. The van der Waals surface area contributed by atoms with Crippen molar-refractivity contribution < 1.29 is 8.78 Å². The van der Waals surface area contributed by atoms with E-state index >= 15 is 0 Å². The largest absolute Gasteiger partial charge is 0.309 e.